The fraction of sp³-hybridized carbons (Fsp3) is 0.333. The number of carbonyl (C=O) groups excluding carboxylic acids is 1. The van der Waals surface area contributed by atoms with E-state index >= 15 is 0 Å². The highest BCUT2D eigenvalue weighted by Crippen LogP contribution is 2.13. The van der Waals surface area contributed by atoms with Crippen molar-refractivity contribution in [2.75, 3.05) is 7.05 Å². The van der Waals surface area contributed by atoms with Crippen LogP contribution in [0.3, 0.4) is 0 Å². The fourth-order valence-electron chi connectivity index (χ4n) is 1.42. The predicted molar refractivity (Wildman–Crippen MR) is 64.7 cm³/mol. The number of carboxylic acid groups (broad SMARTS) is 1. The smallest absolute Gasteiger partial charge is 0.315 e. The molecule has 1 N–H and O–H groups in total. The lowest BCUT2D eigenvalue weighted by molar-refractivity contribution is -0.149. The minimum absolute atomic E-state index is 0.344. The van der Waals surface area contributed by atoms with Crippen LogP contribution in [0.2, 0.25) is 5.02 Å². The molecule has 0 aliphatic carbocycles. The quantitative estimate of drug-likeness (QED) is 0.838. The first-order valence-electron chi connectivity index (χ1n) is 5.14. The Labute approximate surface area is 105 Å². The molecule has 1 unspecified atom stereocenters. The molecule has 0 saturated carbocycles. The average molecular weight is 256 g/mol. The van der Waals surface area contributed by atoms with Crippen LogP contribution in [-0.2, 0) is 16.1 Å². The summed E-state index contributed by atoms with van der Waals surface area (Å²) in [6.45, 7) is 1.72. The highest BCUT2D eigenvalue weighted by molar-refractivity contribution is 6.30. The zero-order valence-electron chi connectivity index (χ0n) is 9.68. The minimum Gasteiger partial charge on any atom is -0.481 e. The van der Waals surface area contributed by atoms with Gasteiger partial charge >= 0.3 is 5.97 Å². The number of halogens is 1. The second-order valence-corrected chi connectivity index (χ2v) is 4.32. The first-order valence-corrected chi connectivity index (χ1v) is 5.52. The number of carbonyl (C=O) groups is 2. The maximum absolute atomic E-state index is 11.7. The number of nitrogens with zero attached hydrogens (tertiary/aromatic N) is 1. The highest BCUT2D eigenvalue weighted by atomic mass is 35.5. The lowest BCUT2D eigenvalue weighted by atomic mass is 10.1. The summed E-state index contributed by atoms with van der Waals surface area (Å²) in [4.78, 5) is 23.7. The number of aliphatic carboxylic acids is 1. The summed E-state index contributed by atoms with van der Waals surface area (Å²) in [7, 11) is 1.57. The van der Waals surface area contributed by atoms with E-state index in [4.69, 9.17) is 16.7 Å². The first kappa shape index (κ1) is 13.5. The van der Waals surface area contributed by atoms with Crippen molar-refractivity contribution in [2.24, 2.45) is 5.92 Å². The van der Waals surface area contributed by atoms with Gasteiger partial charge in [-0.15, -0.1) is 0 Å². The molecule has 4 nitrogen and oxygen atoms in total. The van der Waals surface area contributed by atoms with Crippen molar-refractivity contribution in [3.63, 3.8) is 0 Å². The van der Waals surface area contributed by atoms with Crippen molar-refractivity contribution in [2.45, 2.75) is 13.5 Å². The Morgan fingerprint density at radius 2 is 2.12 bits per heavy atom. The van der Waals surface area contributed by atoms with E-state index in [1.165, 1.54) is 11.8 Å². The molecule has 0 spiro atoms. The van der Waals surface area contributed by atoms with Crippen molar-refractivity contribution in [3.8, 4) is 0 Å². The Bertz CT molecular complexity index is 434. The largest absolute Gasteiger partial charge is 0.481 e. The van der Waals surface area contributed by atoms with E-state index in [2.05, 4.69) is 0 Å². The Kier molecular flexibility index (Phi) is 4.52. The third-order valence-corrected chi connectivity index (χ3v) is 2.66. The van der Waals surface area contributed by atoms with Gasteiger partial charge in [-0.05, 0) is 24.6 Å². The lowest BCUT2D eigenvalue weighted by Gasteiger charge is -2.19. The summed E-state index contributed by atoms with van der Waals surface area (Å²) in [6, 6.07) is 7.11. The van der Waals surface area contributed by atoms with Crippen LogP contribution in [0.15, 0.2) is 24.3 Å². The zero-order chi connectivity index (χ0) is 13.0. The Morgan fingerprint density at radius 1 is 1.47 bits per heavy atom. The molecular weight excluding hydrogens is 242 g/mol. The summed E-state index contributed by atoms with van der Waals surface area (Å²) < 4.78 is 0. The van der Waals surface area contributed by atoms with Crippen LogP contribution in [-0.4, -0.2) is 28.9 Å². The molecule has 1 atom stereocenters. The Balaban J connectivity index is 2.69. The zero-order valence-corrected chi connectivity index (χ0v) is 10.4. The van der Waals surface area contributed by atoms with E-state index in [9.17, 15) is 9.59 Å². The van der Waals surface area contributed by atoms with Crippen LogP contribution in [0.25, 0.3) is 0 Å². The standard InChI is InChI=1S/C12H14ClNO3/c1-8(12(16)17)11(15)14(2)7-9-4-3-5-10(13)6-9/h3-6,8H,7H2,1-2H3,(H,16,17). The van der Waals surface area contributed by atoms with Gasteiger partial charge < -0.3 is 10.0 Å². The molecule has 1 aromatic rings. The molecule has 0 heterocycles. The van der Waals surface area contributed by atoms with Gasteiger partial charge in [-0.1, -0.05) is 23.7 Å². The summed E-state index contributed by atoms with van der Waals surface area (Å²) in [5, 5.41) is 9.34. The number of hydrogen-bond donors (Lipinski definition) is 1. The topological polar surface area (TPSA) is 57.6 Å². The molecule has 17 heavy (non-hydrogen) atoms. The molecule has 0 aliphatic rings. The third-order valence-electron chi connectivity index (χ3n) is 2.43. The number of carboxylic acids is 1. The van der Waals surface area contributed by atoms with Gasteiger partial charge in [0.05, 0.1) is 0 Å². The molecular formula is C12H14ClNO3. The van der Waals surface area contributed by atoms with Gasteiger partial charge in [0.25, 0.3) is 0 Å². The van der Waals surface area contributed by atoms with Gasteiger partial charge in [-0.3, -0.25) is 9.59 Å². The monoisotopic (exact) mass is 255 g/mol. The van der Waals surface area contributed by atoms with Crippen LogP contribution < -0.4 is 0 Å². The van der Waals surface area contributed by atoms with E-state index in [1.807, 2.05) is 6.07 Å². The molecule has 0 aromatic heterocycles. The molecule has 0 aliphatic heterocycles. The summed E-state index contributed by atoms with van der Waals surface area (Å²) in [6.07, 6.45) is 0. The van der Waals surface area contributed by atoms with E-state index in [1.54, 1.807) is 25.2 Å². The Morgan fingerprint density at radius 3 is 2.65 bits per heavy atom. The minimum atomic E-state index is -1.12. The van der Waals surface area contributed by atoms with E-state index in [-0.39, 0.29) is 0 Å². The van der Waals surface area contributed by atoms with Gasteiger partial charge in [0.15, 0.2) is 0 Å². The molecule has 0 bridgehead atoms. The molecule has 1 rings (SSSR count). The second kappa shape index (κ2) is 5.68. The van der Waals surface area contributed by atoms with E-state index < -0.39 is 17.8 Å². The average Bonchev–Trinajstić information content (AvgIpc) is 2.26. The number of hydrogen-bond acceptors (Lipinski definition) is 2. The molecule has 0 radical (unpaired) electrons. The molecule has 92 valence electrons. The first-order chi connectivity index (χ1) is 7.91. The third kappa shape index (κ3) is 3.75. The number of rotatable bonds is 4. The molecule has 1 amide bonds. The van der Waals surface area contributed by atoms with Gasteiger partial charge in [0.2, 0.25) is 5.91 Å². The van der Waals surface area contributed by atoms with Crippen LogP contribution in [0.5, 0.6) is 0 Å². The van der Waals surface area contributed by atoms with Gasteiger partial charge in [-0.25, -0.2) is 0 Å². The predicted octanol–water partition coefficient (Wildman–Crippen LogP) is 2.02. The van der Waals surface area contributed by atoms with Crippen molar-refractivity contribution in [1.29, 1.82) is 0 Å². The van der Waals surface area contributed by atoms with Crippen molar-refractivity contribution < 1.29 is 14.7 Å². The van der Waals surface area contributed by atoms with Gasteiger partial charge in [0, 0.05) is 18.6 Å². The summed E-state index contributed by atoms with van der Waals surface area (Å²) >= 11 is 5.82. The van der Waals surface area contributed by atoms with E-state index in [0.717, 1.165) is 5.56 Å². The molecule has 0 saturated heterocycles. The van der Waals surface area contributed by atoms with Crippen LogP contribution in [0.4, 0.5) is 0 Å². The highest BCUT2D eigenvalue weighted by Gasteiger charge is 2.23. The normalized spacial score (nSPS) is 11.9. The summed E-state index contributed by atoms with van der Waals surface area (Å²) in [5.74, 6) is -2.57. The van der Waals surface area contributed by atoms with Crippen molar-refractivity contribution >= 4 is 23.5 Å². The molecule has 1 aromatic carbocycles. The molecule has 0 fully saturated rings. The lowest BCUT2D eigenvalue weighted by Crippen LogP contribution is -2.34. The van der Waals surface area contributed by atoms with Crippen molar-refractivity contribution in [1.82, 2.24) is 4.90 Å². The van der Waals surface area contributed by atoms with Crippen LogP contribution in [0, 0.1) is 5.92 Å². The number of amides is 1. The van der Waals surface area contributed by atoms with Gasteiger partial charge in [0.1, 0.15) is 5.92 Å². The Hall–Kier alpha value is -1.55. The van der Waals surface area contributed by atoms with Crippen LogP contribution >= 0.6 is 11.6 Å². The SMILES string of the molecule is CC(C(=O)O)C(=O)N(C)Cc1cccc(Cl)c1. The summed E-state index contributed by atoms with van der Waals surface area (Å²) in [5.41, 5.74) is 0.867. The fourth-order valence-corrected chi connectivity index (χ4v) is 1.64. The maximum Gasteiger partial charge on any atom is 0.315 e. The number of benzene rings is 1. The molecule has 5 heteroatoms. The van der Waals surface area contributed by atoms with Gasteiger partial charge in [-0.2, -0.15) is 0 Å². The van der Waals surface area contributed by atoms with Crippen LogP contribution in [0.1, 0.15) is 12.5 Å². The maximum atomic E-state index is 11.7. The van der Waals surface area contributed by atoms with E-state index in [0.29, 0.717) is 11.6 Å². The van der Waals surface area contributed by atoms with Crippen molar-refractivity contribution in [3.05, 3.63) is 34.9 Å². The second-order valence-electron chi connectivity index (χ2n) is 3.88.